The van der Waals surface area contributed by atoms with Crippen LogP contribution in [0.15, 0.2) is 53.2 Å². The van der Waals surface area contributed by atoms with E-state index >= 15 is 0 Å². The second kappa shape index (κ2) is 6.14. The molecule has 76 valence electrons. The smallest absolute Gasteiger partial charge is 0.0613 e. The van der Waals surface area contributed by atoms with E-state index in [-0.39, 0.29) is 0 Å². The summed E-state index contributed by atoms with van der Waals surface area (Å²) in [4.78, 5) is 4.48. The number of aliphatic imine (C=N–C) groups is 1. The lowest BCUT2D eigenvalue weighted by molar-refractivity contribution is 1.26. The highest BCUT2D eigenvalue weighted by atomic mass is 14.8. The normalized spacial score (nSPS) is 14.1. The number of rotatable bonds is 4. The van der Waals surface area contributed by atoms with E-state index in [0.717, 1.165) is 22.6 Å². The summed E-state index contributed by atoms with van der Waals surface area (Å²) in [6, 6.07) is 0. The van der Waals surface area contributed by atoms with Gasteiger partial charge in [0.2, 0.25) is 0 Å². The maximum Gasteiger partial charge on any atom is 0.0613 e. The van der Waals surface area contributed by atoms with Crippen molar-refractivity contribution in [3.8, 4) is 0 Å². The molecule has 0 amide bonds. The van der Waals surface area contributed by atoms with Crippen LogP contribution >= 0.6 is 0 Å². The highest BCUT2D eigenvalue weighted by Gasteiger charge is 1.97. The number of allylic oxidation sites excluding steroid dienone is 5. The third kappa shape index (κ3) is 4.04. The summed E-state index contributed by atoms with van der Waals surface area (Å²) >= 11 is 0. The monoisotopic (exact) mass is 189 g/mol. The van der Waals surface area contributed by atoms with Crippen molar-refractivity contribution in [3.63, 3.8) is 0 Å². The Morgan fingerprint density at radius 2 is 1.79 bits per heavy atom. The Balaban J connectivity index is 4.92. The lowest BCUT2D eigenvalue weighted by Gasteiger charge is -2.03. The van der Waals surface area contributed by atoms with Crippen molar-refractivity contribution in [1.82, 2.24) is 0 Å². The molecule has 0 radical (unpaired) electrons. The zero-order valence-electron chi connectivity index (χ0n) is 9.59. The van der Waals surface area contributed by atoms with E-state index in [0.29, 0.717) is 0 Å². The van der Waals surface area contributed by atoms with Gasteiger partial charge in [0.15, 0.2) is 0 Å². The Kier molecular flexibility index (Phi) is 5.54. The van der Waals surface area contributed by atoms with Crippen LogP contribution < -0.4 is 0 Å². The minimum atomic E-state index is 0.944. The van der Waals surface area contributed by atoms with Crippen LogP contribution in [0.3, 0.4) is 0 Å². The lowest BCUT2D eigenvalue weighted by Crippen LogP contribution is -1.94. The predicted molar refractivity (Wildman–Crippen MR) is 65.6 cm³/mol. The fourth-order valence-electron chi connectivity index (χ4n) is 0.973. The second-order valence-corrected chi connectivity index (χ2v) is 3.24. The highest BCUT2D eigenvalue weighted by Crippen LogP contribution is 2.10. The first-order valence-corrected chi connectivity index (χ1v) is 4.70. The van der Waals surface area contributed by atoms with Gasteiger partial charge in [0, 0.05) is 5.71 Å². The summed E-state index contributed by atoms with van der Waals surface area (Å²) in [5.74, 6) is 0. The number of hydrogen-bond acceptors (Lipinski definition) is 1. The molecular formula is C13H19N. The van der Waals surface area contributed by atoms with Gasteiger partial charge in [0.25, 0.3) is 0 Å². The average molecular weight is 189 g/mol. The predicted octanol–water partition coefficient (Wildman–Crippen LogP) is 4.06. The van der Waals surface area contributed by atoms with Crippen LogP contribution in [0.1, 0.15) is 27.7 Å². The molecule has 0 saturated heterocycles. The average Bonchev–Trinajstić information content (AvgIpc) is 2.13. The quantitative estimate of drug-likeness (QED) is 0.467. The topological polar surface area (TPSA) is 12.4 Å². The SMILES string of the molecule is C=C/C=C(C)/C(C)=N/C(=C\C)C(=C)C. The van der Waals surface area contributed by atoms with Crippen molar-refractivity contribution in [2.24, 2.45) is 4.99 Å². The molecule has 0 N–H and O–H groups in total. The van der Waals surface area contributed by atoms with Gasteiger partial charge in [-0.05, 0) is 38.8 Å². The van der Waals surface area contributed by atoms with Gasteiger partial charge in [-0.15, -0.1) is 0 Å². The van der Waals surface area contributed by atoms with E-state index in [4.69, 9.17) is 0 Å². The van der Waals surface area contributed by atoms with Crippen molar-refractivity contribution in [2.75, 3.05) is 0 Å². The molecule has 0 aliphatic heterocycles. The van der Waals surface area contributed by atoms with Crippen molar-refractivity contribution in [1.29, 1.82) is 0 Å². The maximum atomic E-state index is 4.48. The minimum Gasteiger partial charge on any atom is -0.254 e. The maximum absolute atomic E-state index is 4.48. The van der Waals surface area contributed by atoms with Crippen LogP contribution in [-0.4, -0.2) is 5.71 Å². The Hall–Kier alpha value is -1.37. The molecule has 0 fully saturated rings. The lowest BCUT2D eigenvalue weighted by atomic mass is 10.1. The number of nitrogens with zero attached hydrogens (tertiary/aromatic N) is 1. The van der Waals surface area contributed by atoms with E-state index < -0.39 is 0 Å². The Bertz CT molecular complexity index is 314. The summed E-state index contributed by atoms with van der Waals surface area (Å²) in [7, 11) is 0. The Labute approximate surface area is 87.3 Å². The fraction of sp³-hybridized carbons (Fsp3) is 0.308. The van der Waals surface area contributed by atoms with E-state index in [1.54, 1.807) is 6.08 Å². The molecule has 0 spiro atoms. The van der Waals surface area contributed by atoms with Gasteiger partial charge in [-0.25, -0.2) is 0 Å². The molecule has 0 bridgehead atoms. The molecule has 0 aromatic heterocycles. The molecule has 0 aromatic rings. The molecule has 0 aromatic carbocycles. The molecule has 0 unspecified atom stereocenters. The van der Waals surface area contributed by atoms with Gasteiger partial charge < -0.3 is 0 Å². The van der Waals surface area contributed by atoms with Gasteiger partial charge >= 0.3 is 0 Å². The number of hydrogen-bond donors (Lipinski definition) is 0. The molecule has 14 heavy (non-hydrogen) atoms. The first kappa shape index (κ1) is 12.6. The van der Waals surface area contributed by atoms with Crippen LogP contribution in [0.5, 0.6) is 0 Å². The van der Waals surface area contributed by atoms with Crippen LogP contribution in [0.4, 0.5) is 0 Å². The standard InChI is InChI=1S/C13H19N/c1-7-9-11(5)12(6)14-13(8-2)10(3)4/h7-9H,1,3H2,2,4-6H3/b11-9+,13-8-,14-12+. The first-order valence-electron chi connectivity index (χ1n) is 4.70. The molecule has 1 nitrogen and oxygen atoms in total. The molecular weight excluding hydrogens is 170 g/mol. The fourth-order valence-corrected chi connectivity index (χ4v) is 0.973. The molecule has 0 aliphatic rings. The largest absolute Gasteiger partial charge is 0.254 e. The highest BCUT2D eigenvalue weighted by molar-refractivity contribution is 5.98. The van der Waals surface area contributed by atoms with Gasteiger partial charge in [-0.1, -0.05) is 31.4 Å². The van der Waals surface area contributed by atoms with E-state index in [1.807, 2.05) is 39.8 Å². The Morgan fingerprint density at radius 1 is 1.21 bits per heavy atom. The van der Waals surface area contributed by atoms with E-state index in [1.165, 1.54) is 0 Å². The zero-order valence-corrected chi connectivity index (χ0v) is 9.59. The van der Waals surface area contributed by atoms with Crippen LogP contribution in [0, 0.1) is 0 Å². The Morgan fingerprint density at radius 3 is 2.14 bits per heavy atom. The van der Waals surface area contributed by atoms with Gasteiger partial charge in [-0.3, -0.25) is 4.99 Å². The molecule has 0 rings (SSSR count). The molecule has 1 heteroatoms. The summed E-state index contributed by atoms with van der Waals surface area (Å²) in [6.45, 7) is 15.5. The van der Waals surface area contributed by atoms with Crippen LogP contribution in [0.2, 0.25) is 0 Å². The molecule has 0 atom stereocenters. The summed E-state index contributed by atoms with van der Waals surface area (Å²) in [6.07, 6.45) is 5.68. The summed E-state index contributed by atoms with van der Waals surface area (Å²) in [5.41, 5.74) is 4.05. The van der Waals surface area contributed by atoms with Gasteiger partial charge in [-0.2, -0.15) is 0 Å². The third-order valence-corrected chi connectivity index (χ3v) is 1.94. The first-order chi connectivity index (χ1) is 6.52. The van der Waals surface area contributed by atoms with E-state index in [2.05, 4.69) is 18.2 Å². The molecule has 0 aliphatic carbocycles. The third-order valence-electron chi connectivity index (χ3n) is 1.94. The van der Waals surface area contributed by atoms with Crippen LogP contribution in [0.25, 0.3) is 0 Å². The van der Waals surface area contributed by atoms with Crippen molar-refractivity contribution in [3.05, 3.63) is 48.2 Å². The van der Waals surface area contributed by atoms with Crippen LogP contribution in [-0.2, 0) is 0 Å². The van der Waals surface area contributed by atoms with Crippen molar-refractivity contribution in [2.45, 2.75) is 27.7 Å². The van der Waals surface area contributed by atoms with Gasteiger partial charge in [0.1, 0.15) is 0 Å². The molecule has 0 heterocycles. The second-order valence-electron chi connectivity index (χ2n) is 3.24. The van der Waals surface area contributed by atoms with Crippen molar-refractivity contribution >= 4 is 5.71 Å². The summed E-state index contributed by atoms with van der Waals surface area (Å²) in [5, 5.41) is 0. The van der Waals surface area contributed by atoms with E-state index in [9.17, 15) is 0 Å². The zero-order chi connectivity index (χ0) is 11.1. The minimum absolute atomic E-state index is 0.944. The molecule has 0 saturated carbocycles. The summed E-state index contributed by atoms with van der Waals surface area (Å²) < 4.78 is 0. The van der Waals surface area contributed by atoms with Crippen molar-refractivity contribution < 1.29 is 0 Å². The van der Waals surface area contributed by atoms with Gasteiger partial charge in [0.05, 0.1) is 5.70 Å².